The van der Waals surface area contributed by atoms with Crippen LogP contribution in [0.15, 0.2) is 59.5 Å². The number of ketones is 2. The zero-order valence-corrected chi connectivity index (χ0v) is 16.7. The van der Waals surface area contributed by atoms with E-state index in [-0.39, 0.29) is 12.2 Å². The monoisotopic (exact) mass is 407 g/mol. The van der Waals surface area contributed by atoms with Crippen molar-refractivity contribution in [2.24, 2.45) is 0 Å². The highest BCUT2D eigenvalue weighted by Gasteiger charge is 2.23. The second-order valence-electron chi connectivity index (χ2n) is 6.61. The van der Waals surface area contributed by atoms with E-state index in [0.29, 0.717) is 23.2 Å². The summed E-state index contributed by atoms with van der Waals surface area (Å²) in [5.74, 6) is -2.09. The minimum atomic E-state index is -1.08. The number of Topliss-reactive ketones (excluding diaryl/α,β-unsaturated/α-hetero) is 2. The van der Waals surface area contributed by atoms with Crippen LogP contribution in [0.3, 0.4) is 0 Å². The van der Waals surface area contributed by atoms with Gasteiger partial charge in [0, 0.05) is 18.1 Å². The molecule has 0 atom stereocenters. The molecule has 1 aromatic heterocycles. The Morgan fingerprint density at radius 1 is 1.03 bits per heavy atom. The van der Waals surface area contributed by atoms with Gasteiger partial charge in [0.25, 0.3) is 0 Å². The highest BCUT2D eigenvalue weighted by molar-refractivity contribution is 6.38. The molecule has 3 rings (SSSR count). The van der Waals surface area contributed by atoms with Crippen LogP contribution < -0.4 is 10.2 Å². The Kier molecular flexibility index (Phi) is 6.41. The largest absolute Gasteiger partial charge is 0.497 e. The lowest BCUT2D eigenvalue weighted by molar-refractivity contribution is -0.153. The van der Waals surface area contributed by atoms with Crippen LogP contribution in [0, 0.1) is 0 Å². The SMILES string of the molecule is CCOC(=O)C(=O)CC(=O)c1cn(Cc2cccc(OC)c2)c2ccccc2c1=O. The number of nitrogens with zero attached hydrogens (tertiary/aromatic N) is 1. The third-order valence-electron chi connectivity index (χ3n) is 4.60. The van der Waals surface area contributed by atoms with Gasteiger partial charge in [0.1, 0.15) is 5.75 Å². The quantitative estimate of drug-likeness (QED) is 0.247. The van der Waals surface area contributed by atoms with E-state index in [9.17, 15) is 19.2 Å². The van der Waals surface area contributed by atoms with Gasteiger partial charge in [0.15, 0.2) is 11.2 Å². The first-order valence-corrected chi connectivity index (χ1v) is 9.42. The van der Waals surface area contributed by atoms with E-state index in [4.69, 9.17) is 4.74 Å². The van der Waals surface area contributed by atoms with Gasteiger partial charge in [-0.3, -0.25) is 14.4 Å². The molecule has 0 fully saturated rings. The van der Waals surface area contributed by atoms with E-state index >= 15 is 0 Å². The number of fused-ring (bicyclic) bond motifs is 1. The van der Waals surface area contributed by atoms with Gasteiger partial charge >= 0.3 is 5.97 Å². The van der Waals surface area contributed by atoms with Gasteiger partial charge < -0.3 is 14.0 Å². The Morgan fingerprint density at radius 3 is 2.53 bits per heavy atom. The first-order valence-electron chi connectivity index (χ1n) is 9.42. The van der Waals surface area contributed by atoms with Gasteiger partial charge in [-0.25, -0.2) is 4.79 Å². The molecule has 1 heterocycles. The normalized spacial score (nSPS) is 10.6. The summed E-state index contributed by atoms with van der Waals surface area (Å²) < 4.78 is 11.7. The zero-order chi connectivity index (χ0) is 21.7. The number of carbonyl (C=O) groups excluding carboxylic acids is 3. The molecule has 0 amide bonds. The van der Waals surface area contributed by atoms with Crippen LogP contribution in [0.25, 0.3) is 10.9 Å². The Balaban J connectivity index is 2.02. The smallest absolute Gasteiger partial charge is 0.375 e. The number of esters is 1. The predicted molar refractivity (Wildman–Crippen MR) is 111 cm³/mol. The summed E-state index contributed by atoms with van der Waals surface area (Å²) >= 11 is 0. The number of rotatable bonds is 8. The van der Waals surface area contributed by atoms with Gasteiger partial charge in [-0.1, -0.05) is 24.3 Å². The molecule has 0 unspecified atom stereocenters. The molecule has 2 aromatic carbocycles. The molecule has 0 aliphatic rings. The summed E-state index contributed by atoms with van der Waals surface area (Å²) in [6.07, 6.45) is 0.719. The lowest BCUT2D eigenvalue weighted by Crippen LogP contribution is -2.25. The summed E-state index contributed by atoms with van der Waals surface area (Å²) in [5, 5.41) is 0.356. The predicted octanol–water partition coefficient (Wildman–Crippen LogP) is 2.76. The number of hydrogen-bond acceptors (Lipinski definition) is 6. The number of hydrogen-bond donors (Lipinski definition) is 0. The van der Waals surface area contributed by atoms with Gasteiger partial charge in [-0.2, -0.15) is 0 Å². The van der Waals surface area contributed by atoms with Gasteiger partial charge in [0.05, 0.1) is 31.2 Å². The molecule has 0 aliphatic heterocycles. The molecule has 0 aliphatic carbocycles. The van der Waals surface area contributed by atoms with Crippen molar-refractivity contribution in [2.75, 3.05) is 13.7 Å². The van der Waals surface area contributed by atoms with Crippen LogP contribution in [-0.2, 0) is 20.9 Å². The van der Waals surface area contributed by atoms with E-state index in [1.807, 2.05) is 24.3 Å². The third kappa shape index (κ3) is 4.46. The second kappa shape index (κ2) is 9.17. The zero-order valence-electron chi connectivity index (χ0n) is 16.7. The fourth-order valence-electron chi connectivity index (χ4n) is 3.17. The standard InChI is InChI=1S/C23H21NO6/c1-3-30-23(28)21(26)12-20(25)18-14-24(13-15-7-6-8-16(11-15)29-2)19-10-5-4-9-17(19)22(18)27/h4-11,14H,3,12-13H2,1-2H3. The maximum atomic E-state index is 12.9. The summed E-state index contributed by atoms with van der Waals surface area (Å²) in [6, 6.07) is 14.4. The number of carbonyl (C=O) groups is 3. The van der Waals surface area contributed by atoms with Crippen LogP contribution in [-0.4, -0.2) is 35.8 Å². The van der Waals surface area contributed by atoms with E-state index in [1.54, 1.807) is 42.9 Å². The molecular formula is C23H21NO6. The van der Waals surface area contributed by atoms with Crippen LogP contribution in [0.4, 0.5) is 0 Å². The molecule has 0 saturated heterocycles. The van der Waals surface area contributed by atoms with Crippen molar-refractivity contribution in [3.8, 4) is 5.75 Å². The molecule has 0 spiro atoms. The molecule has 30 heavy (non-hydrogen) atoms. The van der Waals surface area contributed by atoms with Crippen LogP contribution in [0.2, 0.25) is 0 Å². The molecule has 3 aromatic rings. The number of para-hydroxylation sites is 1. The van der Waals surface area contributed by atoms with E-state index in [1.165, 1.54) is 6.20 Å². The molecule has 0 radical (unpaired) electrons. The minimum Gasteiger partial charge on any atom is -0.497 e. The minimum absolute atomic E-state index is 0.0298. The summed E-state index contributed by atoms with van der Waals surface area (Å²) in [7, 11) is 1.57. The van der Waals surface area contributed by atoms with E-state index in [2.05, 4.69) is 4.74 Å². The highest BCUT2D eigenvalue weighted by Crippen LogP contribution is 2.18. The molecule has 7 heteroatoms. The van der Waals surface area contributed by atoms with Crippen LogP contribution in [0.1, 0.15) is 29.3 Å². The van der Waals surface area contributed by atoms with Crippen molar-refractivity contribution in [3.05, 3.63) is 76.1 Å². The summed E-state index contributed by atoms with van der Waals surface area (Å²) in [6.45, 7) is 1.97. The highest BCUT2D eigenvalue weighted by atomic mass is 16.5. The topological polar surface area (TPSA) is 91.7 Å². The third-order valence-corrected chi connectivity index (χ3v) is 4.60. The molecule has 0 saturated carbocycles. The number of aromatic nitrogens is 1. The molecule has 0 bridgehead atoms. The van der Waals surface area contributed by atoms with Crippen molar-refractivity contribution in [2.45, 2.75) is 19.9 Å². The molecule has 0 N–H and O–H groups in total. The Bertz CT molecular complexity index is 1180. The van der Waals surface area contributed by atoms with Crippen molar-refractivity contribution in [1.29, 1.82) is 0 Å². The lowest BCUT2D eigenvalue weighted by atomic mass is 10.0. The Hall–Kier alpha value is -3.74. The van der Waals surface area contributed by atoms with Gasteiger partial charge in [-0.15, -0.1) is 0 Å². The van der Waals surface area contributed by atoms with Crippen LogP contribution >= 0.6 is 0 Å². The molecule has 154 valence electrons. The average Bonchev–Trinajstić information content (AvgIpc) is 2.76. The fraction of sp³-hybridized carbons (Fsp3) is 0.217. The van der Waals surface area contributed by atoms with Crippen LogP contribution in [0.5, 0.6) is 5.75 Å². The number of benzene rings is 2. The second-order valence-corrected chi connectivity index (χ2v) is 6.61. The number of methoxy groups -OCH3 is 1. The molecule has 7 nitrogen and oxygen atoms in total. The van der Waals surface area contributed by atoms with Crippen molar-refractivity contribution in [1.82, 2.24) is 4.57 Å². The Morgan fingerprint density at radius 2 is 1.80 bits per heavy atom. The summed E-state index contributed by atoms with van der Waals surface area (Å²) in [4.78, 5) is 49.0. The lowest BCUT2D eigenvalue weighted by Gasteiger charge is -2.14. The average molecular weight is 407 g/mol. The van der Waals surface area contributed by atoms with Gasteiger partial charge in [-0.05, 0) is 36.8 Å². The van der Waals surface area contributed by atoms with Crippen molar-refractivity contribution in [3.63, 3.8) is 0 Å². The first kappa shape index (κ1) is 21.0. The van der Waals surface area contributed by atoms with Crippen molar-refractivity contribution < 1.29 is 23.9 Å². The first-order chi connectivity index (χ1) is 14.4. The fourth-order valence-corrected chi connectivity index (χ4v) is 3.17. The van der Waals surface area contributed by atoms with E-state index < -0.39 is 29.4 Å². The maximum Gasteiger partial charge on any atom is 0.375 e. The number of pyridine rings is 1. The Labute approximate surface area is 172 Å². The summed E-state index contributed by atoms with van der Waals surface area (Å²) in [5.41, 5.74) is 0.936. The van der Waals surface area contributed by atoms with Gasteiger partial charge in [0.2, 0.25) is 5.78 Å². The van der Waals surface area contributed by atoms with E-state index in [0.717, 1.165) is 5.56 Å². The number of ether oxygens (including phenoxy) is 2. The molecular weight excluding hydrogens is 386 g/mol. The maximum absolute atomic E-state index is 12.9. The van der Waals surface area contributed by atoms with Crippen molar-refractivity contribution >= 4 is 28.4 Å².